The van der Waals surface area contributed by atoms with E-state index in [1.54, 1.807) is 17.8 Å². The molecule has 0 atom stereocenters. The lowest BCUT2D eigenvalue weighted by atomic mass is 10.2. The van der Waals surface area contributed by atoms with Crippen molar-refractivity contribution in [1.29, 1.82) is 0 Å². The molecule has 4 heterocycles. The number of thiophene rings is 1. The van der Waals surface area contributed by atoms with Crippen LogP contribution in [0.1, 0.15) is 25.7 Å². The monoisotopic (exact) mass is 494 g/mol. The summed E-state index contributed by atoms with van der Waals surface area (Å²) < 4.78 is 7.04. The molecule has 1 aromatic carbocycles. The molecule has 1 saturated heterocycles. The SMILES string of the molecule is Cc1nc(N2CCOCC2)sc1C(=O)NNC(=O)c1cn(-c2ccccc2)nc1-c1cccs1. The fourth-order valence-electron chi connectivity index (χ4n) is 3.57. The third-order valence-corrected chi connectivity index (χ3v) is 7.39. The summed E-state index contributed by atoms with van der Waals surface area (Å²) in [7, 11) is 0. The minimum absolute atomic E-state index is 0.363. The molecule has 34 heavy (non-hydrogen) atoms. The first-order chi connectivity index (χ1) is 16.6. The number of hydrogen-bond donors (Lipinski definition) is 2. The number of ether oxygens (including phenoxy) is 1. The third kappa shape index (κ3) is 4.58. The van der Waals surface area contributed by atoms with Gasteiger partial charge in [-0.15, -0.1) is 11.3 Å². The van der Waals surface area contributed by atoms with Crippen molar-refractivity contribution in [2.24, 2.45) is 0 Å². The molecule has 1 aliphatic rings. The quantitative estimate of drug-likeness (QED) is 0.413. The van der Waals surface area contributed by atoms with Crippen LogP contribution in [0.15, 0.2) is 54.0 Å². The van der Waals surface area contributed by atoms with Gasteiger partial charge in [-0.3, -0.25) is 20.4 Å². The molecule has 2 amide bonds. The molecular formula is C23H22N6O3S2. The van der Waals surface area contributed by atoms with Crippen molar-refractivity contribution >= 4 is 39.6 Å². The number of carbonyl (C=O) groups is 2. The van der Waals surface area contributed by atoms with Crippen LogP contribution < -0.4 is 15.8 Å². The fourth-order valence-corrected chi connectivity index (χ4v) is 5.31. The predicted molar refractivity (Wildman–Crippen MR) is 132 cm³/mol. The second-order valence-electron chi connectivity index (χ2n) is 7.57. The minimum atomic E-state index is -0.450. The highest BCUT2D eigenvalue weighted by molar-refractivity contribution is 7.17. The molecule has 11 heteroatoms. The average Bonchev–Trinajstić information content (AvgIpc) is 3.63. The van der Waals surface area contributed by atoms with E-state index in [-0.39, 0.29) is 0 Å². The Hall–Kier alpha value is -3.54. The van der Waals surface area contributed by atoms with Gasteiger partial charge in [-0.25, -0.2) is 9.67 Å². The Morgan fingerprint density at radius 3 is 2.53 bits per heavy atom. The van der Waals surface area contributed by atoms with E-state index in [4.69, 9.17) is 4.74 Å². The molecule has 0 saturated carbocycles. The fraction of sp³-hybridized carbons (Fsp3) is 0.217. The van der Waals surface area contributed by atoms with Gasteiger partial charge in [0, 0.05) is 19.3 Å². The molecular weight excluding hydrogens is 472 g/mol. The molecule has 4 aromatic rings. The number of nitrogens with zero attached hydrogens (tertiary/aromatic N) is 4. The van der Waals surface area contributed by atoms with Gasteiger partial charge < -0.3 is 9.64 Å². The normalized spacial score (nSPS) is 13.6. The Bertz CT molecular complexity index is 1290. The zero-order valence-corrected chi connectivity index (χ0v) is 20.0. The first-order valence-electron chi connectivity index (χ1n) is 10.7. The minimum Gasteiger partial charge on any atom is -0.378 e. The van der Waals surface area contributed by atoms with Crippen LogP contribution in [-0.4, -0.2) is 52.9 Å². The Morgan fingerprint density at radius 1 is 1.03 bits per heavy atom. The van der Waals surface area contributed by atoms with Gasteiger partial charge in [-0.2, -0.15) is 5.10 Å². The largest absolute Gasteiger partial charge is 0.378 e. The number of benzene rings is 1. The van der Waals surface area contributed by atoms with Crippen LogP contribution in [0, 0.1) is 6.92 Å². The zero-order chi connectivity index (χ0) is 23.5. The van der Waals surface area contributed by atoms with Crippen molar-refractivity contribution in [1.82, 2.24) is 25.6 Å². The molecule has 0 aliphatic carbocycles. The van der Waals surface area contributed by atoms with E-state index in [2.05, 4.69) is 25.8 Å². The molecule has 5 rings (SSSR count). The van der Waals surface area contributed by atoms with Crippen LogP contribution in [0.5, 0.6) is 0 Å². The Balaban J connectivity index is 1.33. The number of aromatic nitrogens is 3. The average molecular weight is 495 g/mol. The van der Waals surface area contributed by atoms with Crippen LogP contribution in [0.25, 0.3) is 16.3 Å². The third-order valence-electron chi connectivity index (χ3n) is 5.30. The summed E-state index contributed by atoms with van der Waals surface area (Å²) in [6, 6.07) is 13.4. The van der Waals surface area contributed by atoms with E-state index in [9.17, 15) is 9.59 Å². The van der Waals surface area contributed by atoms with Gasteiger partial charge in [0.1, 0.15) is 10.6 Å². The van der Waals surface area contributed by atoms with Gasteiger partial charge >= 0.3 is 0 Å². The number of amides is 2. The Morgan fingerprint density at radius 2 is 1.79 bits per heavy atom. The summed E-state index contributed by atoms with van der Waals surface area (Å²) in [4.78, 5) is 33.8. The highest BCUT2D eigenvalue weighted by Gasteiger charge is 2.23. The van der Waals surface area contributed by atoms with Gasteiger partial charge in [-0.1, -0.05) is 35.6 Å². The smallest absolute Gasteiger partial charge is 0.281 e. The number of anilines is 1. The van der Waals surface area contributed by atoms with Gasteiger partial charge in [0.15, 0.2) is 5.13 Å². The van der Waals surface area contributed by atoms with E-state index >= 15 is 0 Å². The second kappa shape index (κ2) is 9.75. The van der Waals surface area contributed by atoms with Gasteiger partial charge in [0.25, 0.3) is 11.8 Å². The summed E-state index contributed by atoms with van der Waals surface area (Å²) in [5.41, 5.74) is 7.43. The molecule has 2 N–H and O–H groups in total. The molecule has 0 spiro atoms. The highest BCUT2D eigenvalue weighted by atomic mass is 32.1. The van der Waals surface area contributed by atoms with Gasteiger partial charge in [0.2, 0.25) is 0 Å². The maximum Gasteiger partial charge on any atom is 0.281 e. The summed E-state index contributed by atoms with van der Waals surface area (Å²) in [6.07, 6.45) is 1.67. The Kier molecular flexibility index (Phi) is 6.39. The van der Waals surface area contributed by atoms with E-state index in [0.29, 0.717) is 35.0 Å². The van der Waals surface area contributed by atoms with E-state index in [0.717, 1.165) is 28.8 Å². The van der Waals surface area contributed by atoms with Crippen molar-refractivity contribution < 1.29 is 14.3 Å². The van der Waals surface area contributed by atoms with E-state index in [1.165, 1.54) is 22.7 Å². The summed E-state index contributed by atoms with van der Waals surface area (Å²) in [5.74, 6) is -0.856. The van der Waals surface area contributed by atoms with E-state index in [1.807, 2.05) is 47.8 Å². The standard InChI is InChI=1S/C23H22N6O3S2/c1-15-20(34-23(24-15)28-9-11-32-12-10-28)22(31)26-25-21(30)17-14-29(16-6-3-2-4-7-16)27-19(17)18-8-5-13-33-18/h2-8,13-14H,9-12H2,1H3,(H,25,30)(H,26,31). The lowest BCUT2D eigenvalue weighted by molar-refractivity contribution is 0.0848. The van der Waals surface area contributed by atoms with E-state index < -0.39 is 11.8 Å². The zero-order valence-electron chi connectivity index (χ0n) is 18.4. The highest BCUT2D eigenvalue weighted by Crippen LogP contribution is 2.28. The molecule has 9 nitrogen and oxygen atoms in total. The number of aryl methyl sites for hydroxylation is 1. The molecule has 3 aromatic heterocycles. The first-order valence-corrected chi connectivity index (χ1v) is 12.4. The van der Waals surface area contributed by atoms with Crippen molar-refractivity contribution in [3.8, 4) is 16.3 Å². The number of hydrogen-bond acceptors (Lipinski definition) is 8. The predicted octanol–water partition coefficient (Wildman–Crippen LogP) is 3.28. The van der Waals surface area contributed by atoms with Gasteiger partial charge in [-0.05, 0) is 30.5 Å². The summed E-state index contributed by atoms with van der Waals surface area (Å²) in [5, 5.41) is 7.34. The lowest BCUT2D eigenvalue weighted by Gasteiger charge is -2.25. The molecule has 1 aliphatic heterocycles. The molecule has 0 bridgehead atoms. The number of para-hydroxylation sites is 1. The molecule has 0 radical (unpaired) electrons. The summed E-state index contributed by atoms with van der Waals surface area (Å²) in [6.45, 7) is 4.54. The number of nitrogens with one attached hydrogen (secondary N) is 2. The maximum absolute atomic E-state index is 13.1. The number of rotatable bonds is 5. The summed E-state index contributed by atoms with van der Waals surface area (Å²) >= 11 is 2.80. The maximum atomic E-state index is 13.1. The van der Waals surface area contributed by atoms with Crippen LogP contribution in [0.3, 0.4) is 0 Å². The van der Waals surface area contributed by atoms with Crippen LogP contribution >= 0.6 is 22.7 Å². The number of thiazole rings is 1. The van der Waals surface area contributed by atoms with Crippen LogP contribution in [0.2, 0.25) is 0 Å². The first kappa shape index (κ1) is 22.3. The van der Waals surface area contributed by atoms with Crippen molar-refractivity contribution in [2.45, 2.75) is 6.92 Å². The number of carbonyl (C=O) groups excluding carboxylic acids is 2. The second-order valence-corrected chi connectivity index (χ2v) is 9.49. The Labute approximate surface area is 204 Å². The van der Waals surface area contributed by atoms with Crippen molar-refractivity contribution in [3.63, 3.8) is 0 Å². The topological polar surface area (TPSA) is 101 Å². The van der Waals surface area contributed by atoms with Gasteiger partial charge in [0.05, 0.1) is 35.0 Å². The van der Waals surface area contributed by atoms with Crippen molar-refractivity contribution in [2.75, 3.05) is 31.2 Å². The molecule has 174 valence electrons. The number of hydrazine groups is 1. The number of morpholine rings is 1. The van der Waals surface area contributed by atoms with Crippen molar-refractivity contribution in [3.05, 3.63) is 70.2 Å². The molecule has 0 unspecified atom stereocenters. The van der Waals surface area contributed by atoms with Crippen LogP contribution in [-0.2, 0) is 4.74 Å². The molecule has 1 fully saturated rings. The van der Waals surface area contributed by atoms with Crippen LogP contribution in [0.4, 0.5) is 5.13 Å². The lowest BCUT2D eigenvalue weighted by Crippen LogP contribution is -2.41.